The minimum atomic E-state index is -0.821. The highest BCUT2D eigenvalue weighted by Gasteiger charge is 2.75. The lowest BCUT2D eigenvalue weighted by Gasteiger charge is -2.63. The molecule has 6 nitrogen and oxygen atoms in total. The van der Waals surface area contributed by atoms with E-state index < -0.39 is 17.1 Å². The van der Waals surface area contributed by atoms with Crippen LogP contribution in [0.15, 0.2) is 42.5 Å². The molecule has 35 heavy (non-hydrogen) atoms. The van der Waals surface area contributed by atoms with Crippen LogP contribution in [0.5, 0.6) is 11.5 Å². The second-order valence-electron chi connectivity index (χ2n) is 11.1. The Morgan fingerprint density at radius 1 is 1.14 bits per heavy atom. The highest BCUT2D eigenvalue weighted by atomic mass is 16.6. The third kappa shape index (κ3) is 2.98. The van der Waals surface area contributed by atoms with E-state index in [2.05, 4.69) is 4.90 Å². The average molecular weight is 474 g/mol. The summed E-state index contributed by atoms with van der Waals surface area (Å²) >= 11 is 0. The summed E-state index contributed by atoms with van der Waals surface area (Å²) in [6.45, 7) is 1.87. The number of ether oxygens (including phenoxy) is 2. The number of rotatable bonds is 6. The minimum absolute atomic E-state index is 0.0136. The average Bonchev–Trinajstić information content (AvgIpc) is 3.60. The van der Waals surface area contributed by atoms with Crippen LogP contribution in [-0.2, 0) is 32.6 Å². The largest absolute Gasteiger partial charge is 0.504 e. The van der Waals surface area contributed by atoms with E-state index in [1.54, 1.807) is 6.07 Å². The number of likely N-dealkylation sites (tertiary alicyclic amines) is 1. The number of hydrogen-bond donors (Lipinski definition) is 1. The first-order valence-corrected chi connectivity index (χ1v) is 13.1. The normalized spacial score (nSPS) is 32.6. The summed E-state index contributed by atoms with van der Waals surface area (Å²) in [4.78, 5) is 29.3. The Morgan fingerprint density at radius 2 is 1.97 bits per heavy atom. The minimum Gasteiger partial charge on any atom is -0.504 e. The Bertz CT molecular complexity index is 1210. The first-order valence-electron chi connectivity index (χ1n) is 13.1. The Labute approximate surface area is 205 Å². The van der Waals surface area contributed by atoms with Crippen molar-refractivity contribution in [1.29, 1.82) is 0 Å². The maximum absolute atomic E-state index is 13.5. The third-order valence-corrected chi connectivity index (χ3v) is 9.27. The van der Waals surface area contributed by atoms with Crippen molar-refractivity contribution in [3.63, 3.8) is 0 Å². The van der Waals surface area contributed by atoms with E-state index in [-0.39, 0.29) is 23.5 Å². The van der Waals surface area contributed by atoms with Gasteiger partial charge in [-0.1, -0.05) is 36.4 Å². The molecule has 7 rings (SSSR count). The first-order chi connectivity index (χ1) is 17.0. The molecule has 2 saturated carbocycles. The molecule has 0 radical (unpaired) electrons. The molecule has 3 fully saturated rings. The van der Waals surface area contributed by atoms with Crippen molar-refractivity contribution in [2.45, 2.75) is 74.5 Å². The molecule has 182 valence electrons. The van der Waals surface area contributed by atoms with Gasteiger partial charge in [-0.25, -0.2) is 0 Å². The van der Waals surface area contributed by atoms with Crippen LogP contribution in [-0.4, -0.2) is 52.6 Å². The maximum Gasteiger partial charge on any atom is 0.306 e. The molecule has 6 heteroatoms. The van der Waals surface area contributed by atoms with E-state index in [1.165, 1.54) is 12.8 Å². The van der Waals surface area contributed by atoms with Crippen molar-refractivity contribution in [3.8, 4) is 11.5 Å². The Kier molecular flexibility index (Phi) is 4.63. The molecule has 2 heterocycles. The molecule has 0 aromatic heterocycles. The molecular formula is C29H31NO5. The summed E-state index contributed by atoms with van der Waals surface area (Å²) in [5.41, 5.74) is 1.61. The van der Waals surface area contributed by atoms with Crippen LogP contribution in [0.2, 0.25) is 0 Å². The van der Waals surface area contributed by atoms with E-state index in [0.717, 1.165) is 36.2 Å². The number of carbonyl (C=O) groups is 2. The number of phenolic OH excluding ortho intramolecular Hbond substituents is 1. The molecule has 2 bridgehead atoms. The summed E-state index contributed by atoms with van der Waals surface area (Å²) in [6.07, 6.45) is 5.03. The smallest absolute Gasteiger partial charge is 0.306 e. The van der Waals surface area contributed by atoms with Gasteiger partial charge in [0.05, 0.1) is 11.5 Å². The molecule has 2 unspecified atom stereocenters. The lowest BCUT2D eigenvalue weighted by Crippen LogP contribution is -2.77. The monoisotopic (exact) mass is 473 g/mol. The molecule has 3 aliphatic carbocycles. The fourth-order valence-corrected chi connectivity index (χ4v) is 7.59. The fraction of sp³-hybridized carbons (Fsp3) is 0.517. The summed E-state index contributed by atoms with van der Waals surface area (Å²) in [6, 6.07) is 13.7. The number of nitrogens with zero attached hydrogens (tertiary/aromatic N) is 1. The molecule has 1 spiro atoms. The van der Waals surface area contributed by atoms with Crippen molar-refractivity contribution >= 4 is 11.8 Å². The number of aryl methyl sites for hydroxylation is 1. The van der Waals surface area contributed by atoms with Gasteiger partial charge in [-0.15, -0.1) is 0 Å². The van der Waals surface area contributed by atoms with Crippen molar-refractivity contribution in [3.05, 3.63) is 59.2 Å². The van der Waals surface area contributed by atoms with Gasteiger partial charge < -0.3 is 14.6 Å². The van der Waals surface area contributed by atoms with Crippen LogP contribution in [0.1, 0.15) is 55.2 Å². The zero-order chi connectivity index (χ0) is 23.8. The number of esters is 1. The van der Waals surface area contributed by atoms with Gasteiger partial charge in [-0.05, 0) is 68.2 Å². The second kappa shape index (κ2) is 7.57. The molecule has 0 amide bonds. The van der Waals surface area contributed by atoms with Crippen LogP contribution in [0.25, 0.3) is 0 Å². The number of benzene rings is 2. The zero-order valence-electron chi connectivity index (χ0n) is 19.9. The van der Waals surface area contributed by atoms with Crippen LogP contribution >= 0.6 is 0 Å². The second-order valence-corrected chi connectivity index (χ2v) is 11.1. The molecule has 2 aromatic rings. The summed E-state index contributed by atoms with van der Waals surface area (Å²) in [5, 5.41) is 10.7. The third-order valence-electron chi connectivity index (χ3n) is 9.27. The van der Waals surface area contributed by atoms with E-state index in [0.29, 0.717) is 43.8 Å². The SMILES string of the molecule is O=C(CCc1ccccc1)O[C@@]12CCC(=O)C3Oc4c(O)ccc5c4[C@@]31CCN(CC1CC1)C2C5. The lowest BCUT2D eigenvalue weighted by atomic mass is 9.48. The summed E-state index contributed by atoms with van der Waals surface area (Å²) in [5.74, 6) is 1.06. The van der Waals surface area contributed by atoms with Crippen LogP contribution in [0.4, 0.5) is 0 Å². The Balaban J connectivity index is 1.31. The van der Waals surface area contributed by atoms with Gasteiger partial charge in [0.15, 0.2) is 23.4 Å². The predicted octanol–water partition coefficient (Wildman–Crippen LogP) is 3.71. The van der Waals surface area contributed by atoms with Crippen LogP contribution in [0.3, 0.4) is 0 Å². The van der Waals surface area contributed by atoms with Gasteiger partial charge >= 0.3 is 5.97 Å². The van der Waals surface area contributed by atoms with E-state index in [9.17, 15) is 14.7 Å². The Hall–Kier alpha value is -2.86. The quantitative estimate of drug-likeness (QED) is 0.645. The van der Waals surface area contributed by atoms with E-state index in [1.807, 2.05) is 36.4 Å². The van der Waals surface area contributed by atoms with Gasteiger partial charge in [0.25, 0.3) is 0 Å². The summed E-state index contributed by atoms with van der Waals surface area (Å²) in [7, 11) is 0. The molecule has 2 aliphatic heterocycles. The van der Waals surface area contributed by atoms with E-state index >= 15 is 0 Å². The first kappa shape index (κ1) is 21.4. The molecule has 1 saturated heterocycles. The van der Waals surface area contributed by atoms with Gasteiger partial charge in [-0.2, -0.15) is 0 Å². The maximum atomic E-state index is 13.5. The molecule has 1 N–H and O–H groups in total. The number of hydrogen-bond acceptors (Lipinski definition) is 6. The van der Waals surface area contributed by atoms with Gasteiger partial charge in [0.2, 0.25) is 0 Å². The highest BCUT2D eigenvalue weighted by molar-refractivity contribution is 5.90. The molecular weight excluding hydrogens is 442 g/mol. The van der Waals surface area contributed by atoms with Crippen LogP contribution < -0.4 is 4.74 Å². The van der Waals surface area contributed by atoms with Crippen LogP contribution in [0, 0.1) is 5.92 Å². The van der Waals surface area contributed by atoms with Gasteiger partial charge in [0.1, 0.15) is 5.60 Å². The lowest BCUT2D eigenvalue weighted by molar-refractivity contribution is -0.216. The zero-order valence-corrected chi connectivity index (χ0v) is 19.9. The molecule has 4 atom stereocenters. The highest BCUT2D eigenvalue weighted by Crippen LogP contribution is 2.66. The van der Waals surface area contributed by atoms with Crippen molar-refractivity contribution in [1.82, 2.24) is 4.90 Å². The Morgan fingerprint density at radius 3 is 2.77 bits per heavy atom. The number of aromatic hydroxyl groups is 1. The summed E-state index contributed by atoms with van der Waals surface area (Å²) < 4.78 is 12.9. The number of piperidine rings is 1. The van der Waals surface area contributed by atoms with Crippen molar-refractivity contribution in [2.24, 2.45) is 5.92 Å². The number of phenols is 1. The van der Waals surface area contributed by atoms with E-state index in [4.69, 9.17) is 9.47 Å². The standard InChI is InChI=1S/C29H31NO5/c31-21-10-9-20-16-23-29(35-24(33)11-8-18-4-2-1-3-5-18)13-12-22(32)27-28(29,25(20)26(21)34-27)14-15-30(23)17-19-6-7-19/h1-5,9-10,19,23,27,31H,6-8,11-17H2/t23?,27?,28-,29+/m0/s1. The van der Waals surface area contributed by atoms with Crippen molar-refractivity contribution in [2.75, 3.05) is 13.1 Å². The van der Waals surface area contributed by atoms with Gasteiger partial charge in [-0.3, -0.25) is 14.5 Å². The number of Topliss-reactive ketones (excluding diaryl/α,β-unsaturated/α-hetero) is 1. The van der Waals surface area contributed by atoms with Crippen molar-refractivity contribution < 1.29 is 24.2 Å². The number of carbonyl (C=O) groups excluding carboxylic acids is 2. The fourth-order valence-electron chi connectivity index (χ4n) is 7.59. The topological polar surface area (TPSA) is 76.1 Å². The molecule has 5 aliphatic rings. The van der Waals surface area contributed by atoms with Gasteiger partial charge in [0, 0.05) is 24.9 Å². The number of ketones is 1. The predicted molar refractivity (Wildman–Crippen MR) is 128 cm³/mol. The molecule has 2 aromatic carbocycles.